The van der Waals surface area contributed by atoms with E-state index in [1.165, 1.54) is 35.7 Å². The summed E-state index contributed by atoms with van der Waals surface area (Å²) in [6.07, 6.45) is 4.98. The summed E-state index contributed by atoms with van der Waals surface area (Å²) >= 11 is 0. The van der Waals surface area contributed by atoms with Gasteiger partial charge < -0.3 is 9.80 Å². The van der Waals surface area contributed by atoms with Gasteiger partial charge in [0.15, 0.2) is 0 Å². The number of piperidine rings is 1. The van der Waals surface area contributed by atoms with Crippen molar-refractivity contribution in [1.82, 2.24) is 14.5 Å². The van der Waals surface area contributed by atoms with Crippen LogP contribution in [0.25, 0.3) is 0 Å². The first-order chi connectivity index (χ1) is 16.8. The minimum Gasteiger partial charge on any atom is -0.371 e. The van der Waals surface area contributed by atoms with Crippen LogP contribution in [0.5, 0.6) is 0 Å². The second kappa shape index (κ2) is 11.5. The van der Waals surface area contributed by atoms with E-state index in [0.29, 0.717) is 12.3 Å². The zero-order valence-electron chi connectivity index (χ0n) is 20.5. The van der Waals surface area contributed by atoms with E-state index in [4.69, 9.17) is 4.99 Å². The molecule has 8 heteroatoms. The number of nitrogens with zero attached hydrogens (tertiary/aromatic N) is 3. The smallest absolute Gasteiger partial charge is 0.241 e. The molecule has 4 rings (SSSR count). The molecule has 0 spiro atoms. The lowest BCUT2D eigenvalue weighted by Gasteiger charge is -2.35. The Balaban J connectivity index is 1.38. The fraction of sp³-hybridized carbons (Fsp3) is 0.444. The minimum absolute atomic E-state index is 0.0679. The summed E-state index contributed by atoms with van der Waals surface area (Å²) in [5, 5.41) is 0. The number of allylic oxidation sites excluding steroid dienone is 1. The van der Waals surface area contributed by atoms with Crippen molar-refractivity contribution >= 4 is 15.7 Å². The highest BCUT2D eigenvalue weighted by Gasteiger charge is 2.26. The van der Waals surface area contributed by atoms with Crippen LogP contribution in [0.1, 0.15) is 44.7 Å². The first-order valence-corrected chi connectivity index (χ1v) is 13.9. The van der Waals surface area contributed by atoms with Gasteiger partial charge in [-0.3, -0.25) is 4.99 Å². The Kier molecular flexibility index (Phi) is 8.36. The normalized spacial score (nSPS) is 18.8. The SMILES string of the molecule is CCN1C=C(C2CCN(CC[C@@H](NS(=O)(=O)c3ccc(F)cc3)c3ccccc3)CC2)N=C(C)C1. The van der Waals surface area contributed by atoms with Crippen LogP contribution in [0.2, 0.25) is 0 Å². The molecule has 2 aromatic rings. The Labute approximate surface area is 208 Å². The summed E-state index contributed by atoms with van der Waals surface area (Å²) in [5.41, 5.74) is 3.29. The van der Waals surface area contributed by atoms with Crippen molar-refractivity contribution in [3.05, 3.63) is 77.9 Å². The maximum Gasteiger partial charge on any atom is 0.241 e. The Morgan fingerprint density at radius 1 is 1.09 bits per heavy atom. The van der Waals surface area contributed by atoms with Crippen molar-refractivity contribution in [2.24, 2.45) is 10.9 Å². The highest BCUT2D eigenvalue weighted by molar-refractivity contribution is 7.89. The molecule has 1 fully saturated rings. The lowest BCUT2D eigenvalue weighted by Crippen LogP contribution is -2.38. The molecule has 0 unspecified atom stereocenters. The molecular formula is C27H35FN4O2S. The van der Waals surface area contributed by atoms with Gasteiger partial charge in [0.2, 0.25) is 10.0 Å². The maximum atomic E-state index is 13.3. The third-order valence-electron chi connectivity index (χ3n) is 6.84. The van der Waals surface area contributed by atoms with Crippen LogP contribution in [0.4, 0.5) is 4.39 Å². The molecule has 0 radical (unpaired) electrons. The Hall–Kier alpha value is -2.55. The van der Waals surface area contributed by atoms with Gasteiger partial charge in [-0.15, -0.1) is 0 Å². The molecule has 1 saturated heterocycles. The Bertz CT molecular complexity index is 1140. The first-order valence-electron chi connectivity index (χ1n) is 12.4. The average molecular weight is 499 g/mol. The third kappa shape index (κ3) is 6.78. The van der Waals surface area contributed by atoms with E-state index in [2.05, 4.69) is 34.6 Å². The van der Waals surface area contributed by atoms with Gasteiger partial charge in [-0.1, -0.05) is 30.3 Å². The van der Waals surface area contributed by atoms with Crippen molar-refractivity contribution in [3.8, 4) is 0 Å². The molecule has 2 aliphatic rings. The highest BCUT2D eigenvalue weighted by Crippen LogP contribution is 2.29. The predicted molar refractivity (Wildman–Crippen MR) is 138 cm³/mol. The molecule has 0 bridgehead atoms. The quantitative estimate of drug-likeness (QED) is 0.550. The van der Waals surface area contributed by atoms with Gasteiger partial charge in [0.25, 0.3) is 0 Å². The van der Waals surface area contributed by atoms with Crippen molar-refractivity contribution in [2.45, 2.75) is 44.0 Å². The summed E-state index contributed by atoms with van der Waals surface area (Å²) in [6.45, 7) is 8.90. The molecule has 1 atom stereocenters. The number of halogens is 1. The van der Waals surface area contributed by atoms with Crippen molar-refractivity contribution in [3.63, 3.8) is 0 Å². The van der Waals surface area contributed by atoms with Crippen LogP contribution in [0.3, 0.4) is 0 Å². The number of sulfonamides is 1. The number of hydrogen-bond donors (Lipinski definition) is 1. The molecule has 0 aromatic heterocycles. The minimum atomic E-state index is -3.78. The van der Waals surface area contributed by atoms with Gasteiger partial charge in [-0.2, -0.15) is 0 Å². The molecule has 2 heterocycles. The molecule has 2 aliphatic heterocycles. The number of likely N-dealkylation sites (tertiary alicyclic amines) is 1. The number of rotatable bonds is 9. The number of hydrogen-bond acceptors (Lipinski definition) is 5. The van der Waals surface area contributed by atoms with Crippen LogP contribution in [0, 0.1) is 11.7 Å². The molecule has 0 aliphatic carbocycles. The summed E-state index contributed by atoms with van der Waals surface area (Å²) in [5.74, 6) is 0.0108. The van der Waals surface area contributed by atoms with E-state index in [0.717, 1.165) is 51.1 Å². The van der Waals surface area contributed by atoms with Gasteiger partial charge in [-0.05, 0) is 82.6 Å². The topological polar surface area (TPSA) is 65.0 Å². The molecule has 0 amide bonds. The van der Waals surface area contributed by atoms with Crippen molar-refractivity contribution in [2.75, 3.05) is 32.7 Å². The molecule has 188 valence electrons. The van der Waals surface area contributed by atoms with Gasteiger partial charge in [-0.25, -0.2) is 17.5 Å². The second-order valence-corrected chi connectivity index (χ2v) is 11.1. The number of nitrogens with one attached hydrogen (secondary N) is 1. The third-order valence-corrected chi connectivity index (χ3v) is 8.32. The van der Waals surface area contributed by atoms with E-state index in [9.17, 15) is 12.8 Å². The lowest BCUT2D eigenvalue weighted by atomic mass is 9.92. The van der Waals surface area contributed by atoms with E-state index in [1.807, 2.05) is 30.3 Å². The van der Waals surface area contributed by atoms with Gasteiger partial charge in [0.05, 0.1) is 17.1 Å². The molecule has 2 aromatic carbocycles. The fourth-order valence-electron chi connectivity index (χ4n) is 4.82. The van der Waals surface area contributed by atoms with E-state index in [1.54, 1.807) is 0 Å². The number of aliphatic imine (C=N–C) groups is 1. The zero-order valence-corrected chi connectivity index (χ0v) is 21.3. The first kappa shape index (κ1) is 25.5. The zero-order chi connectivity index (χ0) is 24.8. The van der Waals surface area contributed by atoms with Crippen LogP contribution in [-0.2, 0) is 10.0 Å². The second-order valence-electron chi connectivity index (χ2n) is 9.41. The molecule has 1 N–H and O–H groups in total. The Morgan fingerprint density at radius 2 is 1.77 bits per heavy atom. The van der Waals surface area contributed by atoms with Gasteiger partial charge in [0.1, 0.15) is 5.82 Å². The van der Waals surface area contributed by atoms with Crippen LogP contribution in [0.15, 0.2) is 76.4 Å². The molecule has 0 saturated carbocycles. The summed E-state index contributed by atoms with van der Waals surface area (Å²) in [7, 11) is -3.78. The van der Waals surface area contributed by atoms with E-state index >= 15 is 0 Å². The monoisotopic (exact) mass is 498 g/mol. The molecule has 35 heavy (non-hydrogen) atoms. The van der Waals surface area contributed by atoms with Crippen LogP contribution in [-0.4, -0.2) is 56.7 Å². The summed E-state index contributed by atoms with van der Waals surface area (Å²) in [6, 6.07) is 14.2. The maximum absolute atomic E-state index is 13.3. The van der Waals surface area contributed by atoms with Crippen LogP contribution < -0.4 is 4.72 Å². The van der Waals surface area contributed by atoms with Crippen LogP contribution >= 0.6 is 0 Å². The van der Waals surface area contributed by atoms with Crippen molar-refractivity contribution in [1.29, 1.82) is 0 Å². The standard InChI is InChI=1S/C27H35FN4O2S/c1-3-31-19-21(2)29-27(20-31)23-13-16-32(17-14-23)18-15-26(22-7-5-4-6-8-22)30-35(33,34)25-11-9-24(28)10-12-25/h4-12,20,23,26,30H,3,13-19H2,1-2H3/t26-/m1/s1. The van der Waals surface area contributed by atoms with Crippen molar-refractivity contribution < 1.29 is 12.8 Å². The lowest BCUT2D eigenvalue weighted by molar-refractivity contribution is 0.190. The molecular weight excluding hydrogens is 463 g/mol. The van der Waals surface area contributed by atoms with E-state index in [-0.39, 0.29) is 10.9 Å². The summed E-state index contributed by atoms with van der Waals surface area (Å²) < 4.78 is 42.2. The summed E-state index contributed by atoms with van der Waals surface area (Å²) in [4.78, 5) is 9.64. The van der Waals surface area contributed by atoms with Gasteiger partial charge in [0, 0.05) is 30.4 Å². The predicted octanol–water partition coefficient (Wildman–Crippen LogP) is 4.59. The van der Waals surface area contributed by atoms with Gasteiger partial charge >= 0.3 is 0 Å². The van der Waals surface area contributed by atoms with E-state index < -0.39 is 15.8 Å². The Morgan fingerprint density at radius 3 is 2.43 bits per heavy atom. The average Bonchev–Trinajstić information content (AvgIpc) is 2.87. The largest absolute Gasteiger partial charge is 0.371 e. The number of benzene rings is 2. The fourth-order valence-corrected chi connectivity index (χ4v) is 6.08. The molecule has 6 nitrogen and oxygen atoms in total. The highest BCUT2D eigenvalue weighted by atomic mass is 32.2.